The maximum Gasteiger partial charge on any atom is 0.472 e. The predicted octanol–water partition coefficient (Wildman–Crippen LogP) is 23.5. The molecule has 6 atom stereocenters. The maximum atomic E-state index is 13.1. The highest BCUT2D eigenvalue weighted by Gasteiger charge is 2.30. The van der Waals surface area contributed by atoms with Crippen LogP contribution in [-0.2, 0) is 65.4 Å². The quantitative estimate of drug-likeness (QED) is 0.0222. The molecule has 0 amide bonds. The summed E-state index contributed by atoms with van der Waals surface area (Å²) in [6, 6.07) is 0. The molecule has 0 aromatic carbocycles. The van der Waals surface area contributed by atoms with Crippen molar-refractivity contribution in [1.29, 1.82) is 0 Å². The van der Waals surface area contributed by atoms with E-state index in [2.05, 4.69) is 41.5 Å². The first-order chi connectivity index (χ1) is 47.4. The Morgan fingerprint density at radius 1 is 0.296 bits per heavy atom. The molecule has 0 saturated heterocycles. The van der Waals surface area contributed by atoms with Crippen LogP contribution in [0.1, 0.15) is 414 Å². The summed E-state index contributed by atoms with van der Waals surface area (Å²) in [6.45, 7) is 9.64. The summed E-state index contributed by atoms with van der Waals surface area (Å²) in [7, 11) is -9.92. The second-order valence-electron chi connectivity index (χ2n) is 29.2. The van der Waals surface area contributed by atoms with Crippen molar-refractivity contribution in [3.63, 3.8) is 0 Å². The Bertz CT molecular complexity index is 1890. The van der Waals surface area contributed by atoms with Gasteiger partial charge in [0, 0.05) is 25.7 Å². The first-order valence-electron chi connectivity index (χ1n) is 41.0. The van der Waals surface area contributed by atoms with E-state index in [4.69, 9.17) is 37.0 Å². The van der Waals surface area contributed by atoms with Crippen molar-refractivity contribution in [3.05, 3.63) is 0 Å². The third kappa shape index (κ3) is 71.1. The van der Waals surface area contributed by atoms with Gasteiger partial charge in [0.1, 0.15) is 19.3 Å². The predicted molar refractivity (Wildman–Crippen MR) is 400 cm³/mol. The minimum absolute atomic E-state index is 0.107. The number of hydrogen-bond acceptors (Lipinski definition) is 15. The van der Waals surface area contributed by atoms with Crippen LogP contribution in [0.15, 0.2) is 0 Å². The molecule has 0 spiro atoms. The molecule has 19 heteroatoms. The summed E-state index contributed by atoms with van der Waals surface area (Å²) in [4.78, 5) is 72.9. The Morgan fingerprint density at radius 3 is 0.776 bits per heavy atom. The van der Waals surface area contributed by atoms with Crippen molar-refractivity contribution in [2.24, 2.45) is 11.8 Å². The Hall–Kier alpha value is -1.94. The lowest BCUT2D eigenvalue weighted by atomic mass is 9.99. The summed E-state index contributed by atoms with van der Waals surface area (Å²) in [5.74, 6) is -0.538. The Balaban J connectivity index is 5.25. The zero-order valence-electron chi connectivity index (χ0n) is 64.1. The van der Waals surface area contributed by atoms with Crippen LogP contribution in [0.3, 0.4) is 0 Å². The number of aliphatic hydroxyl groups excluding tert-OH is 1. The molecule has 0 aromatic heterocycles. The SMILES string of the molecule is CCCCCCCCCCCCCCCCCCCC(=O)OC[C@H](COP(=O)(O)OC[C@@H](O)COP(=O)(O)OC[C@@H](COC(=O)CCCCCCCCCCC(C)C)OC(=O)CCCCCCCCCCCCCC)OC(=O)CCCCCCCCCCCCCCCCC(C)CC. The van der Waals surface area contributed by atoms with Crippen LogP contribution < -0.4 is 0 Å². The fourth-order valence-corrected chi connectivity index (χ4v) is 13.7. The molecule has 3 N–H and O–H groups in total. The molecule has 0 radical (unpaired) electrons. The first kappa shape index (κ1) is 96.1. The fraction of sp³-hybridized carbons (Fsp3) is 0.949. The second-order valence-corrected chi connectivity index (χ2v) is 32.1. The van der Waals surface area contributed by atoms with Gasteiger partial charge >= 0.3 is 39.5 Å². The first-order valence-corrected chi connectivity index (χ1v) is 44.0. The molecule has 3 unspecified atom stereocenters. The molecule has 0 fully saturated rings. The zero-order chi connectivity index (χ0) is 72.1. The standard InChI is InChI=1S/C79H154O17P2/c1-7-10-12-14-16-18-20-22-23-24-25-29-33-36-43-49-55-61-76(81)89-67-74(95-79(84)64-58-52-46-38-34-30-27-26-28-31-35-42-48-54-60-72(6)9-3)69-93-97(85,86)91-65-73(80)66-92-98(87,88)94-70-75(68-90-77(82)62-56-50-44-40-39-41-47-53-59-71(4)5)96-78(83)63-57-51-45-37-32-21-19-17-15-13-11-8-2/h71-75,80H,7-70H2,1-6H3,(H,85,86)(H,87,88)/t72?,73-,74-,75-/m1/s1. The van der Waals surface area contributed by atoms with E-state index in [0.717, 1.165) is 102 Å². The lowest BCUT2D eigenvalue weighted by molar-refractivity contribution is -0.161. The van der Waals surface area contributed by atoms with Gasteiger partial charge in [0.15, 0.2) is 12.2 Å². The summed E-state index contributed by atoms with van der Waals surface area (Å²) >= 11 is 0. The van der Waals surface area contributed by atoms with Crippen LogP contribution in [0, 0.1) is 11.8 Å². The number of carbonyl (C=O) groups is 4. The Morgan fingerprint density at radius 2 is 0.520 bits per heavy atom. The molecule has 0 aliphatic heterocycles. The molecular formula is C79H154O17P2. The number of rotatable bonds is 78. The zero-order valence-corrected chi connectivity index (χ0v) is 65.9. The molecule has 0 bridgehead atoms. The van der Waals surface area contributed by atoms with Crippen LogP contribution >= 0.6 is 15.6 Å². The van der Waals surface area contributed by atoms with Crippen LogP contribution in [0.5, 0.6) is 0 Å². The van der Waals surface area contributed by atoms with E-state index in [1.807, 2.05) is 0 Å². The largest absolute Gasteiger partial charge is 0.472 e. The molecule has 0 saturated carbocycles. The van der Waals surface area contributed by atoms with Crippen molar-refractivity contribution in [1.82, 2.24) is 0 Å². The van der Waals surface area contributed by atoms with Gasteiger partial charge in [0.25, 0.3) is 0 Å². The van der Waals surface area contributed by atoms with Crippen molar-refractivity contribution in [2.45, 2.75) is 432 Å². The minimum atomic E-state index is -4.96. The van der Waals surface area contributed by atoms with E-state index in [-0.39, 0.29) is 25.7 Å². The molecule has 0 aromatic rings. The topological polar surface area (TPSA) is 237 Å². The highest BCUT2D eigenvalue weighted by molar-refractivity contribution is 7.47. The number of phosphoric acid groups is 2. The lowest BCUT2D eigenvalue weighted by Crippen LogP contribution is -2.30. The Labute approximate surface area is 600 Å². The van der Waals surface area contributed by atoms with Gasteiger partial charge in [-0.15, -0.1) is 0 Å². The number of esters is 4. The van der Waals surface area contributed by atoms with Gasteiger partial charge in [-0.3, -0.25) is 37.3 Å². The second kappa shape index (κ2) is 70.7. The lowest BCUT2D eigenvalue weighted by Gasteiger charge is -2.21. The maximum absolute atomic E-state index is 13.1. The third-order valence-electron chi connectivity index (χ3n) is 18.8. The van der Waals surface area contributed by atoms with Gasteiger partial charge in [-0.25, -0.2) is 9.13 Å². The molecule has 98 heavy (non-hydrogen) atoms. The monoisotopic (exact) mass is 1440 g/mol. The smallest absolute Gasteiger partial charge is 0.462 e. The molecule has 0 aliphatic rings. The summed E-state index contributed by atoms with van der Waals surface area (Å²) < 4.78 is 68.6. The number of phosphoric ester groups is 2. The van der Waals surface area contributed by atoms with Crippen molar-refractivity contribution >= 4 is 39.5 Å². The molecule has 0 rings (SSSR count). The van der Waals surface area contributed by atoms with Gasteiger partial charge in [-0.1, -0.05) is 363 Å². The molecule has 582 valence electrons. The normalized spacial score (nSPS) is 14.2. The summed E-state index contributed by atoms with van der Waals surface area (Å²) in [5, 5.41) is 10.6. The van der Waals surface area contributed by atoms with E-state index in [0.29, 0.717) is 25.7 Å². The van der Waals surface area contributed by atoms with Crippen LogP contribution in [0.4, 0.5) is 0 Å². The number of aliphatic hydroxyl groups is 1. The van der Waals surface area contributed by atoms with E-state index in [1.54, 1.807) is 0 Å². The third-order valence-corrected chi connectivity index (χ3v) is 20.7. The van der Waals surface area contributed by atoms with Gasteiger partial charge in [0.05, 0.1) is 26.4 Å². The van der Waals surface area contributed by atoms with Gasteiger partial charge in [0.2, 0.25) is 0 Å². The molecule has 0 heterocycles. The van der Waals surface area contributed by atoms with E-state index < -0.39 is 97.5 Å². The number of carbonyl (C=O) groups excluding carboxylic acids is 4. The fourth-order valence-electron chi connectivity index (χ4n) is 12.2. The number of hydrogen-bond donors (Lipinski definition) is 3. The van der Waals surface area contributed by atoms with Crippen LogP contribution in [0.2, 0.25) is 0 Å². The van der Waals surface area contributed by atoms with Gasteiger partial charge in [-0.05, 0) is 37.5 Å². The Kier molecular flexibility index (Phi) is 69.3. The average molecular weight is 1440 g/mol. The van der Waals surface area contributed by atoms with E-state index >= 15 is 0 Å². The van der Waals surface area contributed by atoms with E-state index in [1.165, 1.54) is 231 Å². The summed E-state index contributed by atoms with van der Waals surface area (Å²) in [5.41, 5.74) is 0. The van der Waals surface area contributed by atoms with Crippen molar-refractivity contribution in [3.8, 4) is 0 Å². The molecule has 0 aliphatic carbocycles. The highest BCUT2D eigenvalue weighted by atomic mass is 31.2. The number of unbranched alkanes of at least 4 members (excludes halogenated alkanes) is 47. The molecule has 17 nitrogen and oxygen atoms in total. The summed E-state index contributed by atoms with van der Waals surface area (Å²) in [6.07, 6.45) is 59.5. The van der Waals surface area contributed by atoms with Crippen molar-refractivity contribution < 1.29 is 80.2 Å². The van der Waals surface area contributed by atoms with Crippen molar-refractivity contribution in [2.75, 3.05) is 39.6 Å². The van der Waals surface area contributed by atoms with Gasteiger partial charge < -0.3 is 33.8 Å². The van der Waals surface area contributed by atoms with E-state index in [9.17, 15) is 43.2 Å². The van der Waals surface area contributed by atoms with Crippen LogP contribution in [0.25, 0.3) is 0 Å². The minimum Gasteiger partial charge on any atom is -0.462 e. The average Bonchev–Trinajstić information content (AvgIpc) is 0.984. The van der Waals surface area contributed by atoms with Gasteiger partial charge in [-0.2, -0.15) is 0 Å². The number of ether oxygens (including phenoxy) is 4. The molecular weight excluding hydrogens is 1280 g/mol. The highest BCUT2D eigenvalue weighted by Crippen LogP contribution is 2.45. The van der Waals surface area contributed by atoms with Crippen LogP contribution in [-0.4, -0.2) is 96.7 Å².